The van der Waals surface area contributed by atoms with Crippen molar-refractivity contribution in [1.29, 1.82) is 0 Å². The predicted molar refractivity (Wildman–Crippen MR) is 129 cm³/mol. The van der Waals surface area contributed by atoms with E-state index in [0.717, 1.165) is 12.8 Å². The molecule has 3 aromatic rings. The van der Waals surface area contributed by atoms with E-state index in [1.807, 2.05) is 0 Å². The van der Waals surface area contributed by atoms with Crippen molar-refractivity contribution in [2.24, 2.45) is 5.92 Å². The Hall–Kier alpha value is -3.88. The molecule has 186 valence electrons. The normalized spacial score (nSPS) is 12.7. The number of ether oxygens (including phenoxy) is 7. The molecule has 0 bridgehead atoms. The van der Waals surface area contributed by atoms with Gasteiger partial charge in [0.1, 0.15) is 0 Å². The number of fused-ring (bicyclic) bond motifs is 1. The van der Waals surface area contributed by atoms with Crippen LogP contribution in [-0.2, 0) is 4.74 Å². The molecule has 0 radical (unpaired) electrons. The van der Waals surface area contributed by atoms with Gasteiger partial charge >= 0.3 is 5.97 Å². The van der Waals surface area contributed by atoms with Crippen LogP contribution in [0, 0.1) is 5.92 Å². The lowest BCUT2D eigenvalue weighted by molar-refractivity contribution is 0.0594. The molecule has 1 aliphatic rings. The van der Waals surface area contributed by atoms with Gasteiger partial charge in [0.2, 0.25) is 11.6 Å². The van der Waals surface area contributed by atoms with Gasteiger partial charge in [-0.2, -0.15) is 0 Å². The summed E-state index contributed by atoms with van der Waals surface area (Å²) in [7, 11) is 9.01. The summed E-state index contributed by atoms with van der Waals surface area (Å²) < 4.78 is 38.8. The SMILES string of the molecule is COC(=O)c1nc(OCC2CC2)c2cc(OC)c(OC)cc2c1-c1cc(OC)c(OC)c(OC)c1. The van der Waals surface area contributed by atoms with Gasteiger partial charge in [0, 0.05) is 16.3 Å². The third-order valence-corrected chi connectivity index (χ3v) is 5.96. The molecule has 0 amide bonds. The highest BCUT2D eigenvalue weighted by Crippen LogP contribution is 2.46. The number of aromatic nitrogens is 1. The van der Waals surface area contributed by atoms with Crippen LogP contribution in [0.3, 0.4) is 0 Å². The Kier molecular flexibility index (Phi) is 7.04. The van der Waals surface area contributed by atoms with Crippen LogP contribution < -0.4 is 28.4 Å². The second-order valence-corrected chi connectivity index (χ2v) is 8.05. The quantitative estimate of drug-likeness (QED) is 0.386. The van der Waals surface area contributed by atoms with Gasteiger partial charge in [-0.3, -0.25) is 0 Å². The molecule has 9 heteroatoms. The fourth-order valence-corrected chi connectivity index (χ4v) is 3.96. The van der Waals surface area contributed by atoms with Crippen LogP contribution in [0.5, 0.6) is 34.6 Å². The molecule has 0 aliphatic heterocycles. The first-order valence-corrected chi connectivity index (χ1v) is 11.1. The van der Waals surface area contributed by atoms with Crippen molar-refractivity contribution in [2.45, 2.75) is 12.8 Å². The number of rotatable bonds is 10. The second-order valence-electron chi connectivity index (χ2n) is 8.05. The summed E-state index contributed by atoms with van der Waals surface area (Å²) in [6.07, 6.45) is 2.23. The Morgan fingerprint density at radius 1 is 0.800 bits per heavy atom. The Balaban J connectivity index is 2.08. The number of carbonyl (C=O) groups excluding carboxylic acids is 1. The van der Waals surface area contributed by atoms with Gasteiger partial charge in [0.05, 0.1) is 49.3 Å². The Labute approximate surface area is 203 Å². The molecular weight excluding hydrogens is 454 g/mol. The third kappa shape index (κ3) is 4.58. The Bertz CT molecular complexity index is 1230. The van der Waals surface area contributed by atoms with Crippen molar-refractivity contribution in [1.82, 2.24) is 4.98 Å². The first kappa shape index (κ1) is 24.3. The highest BCUT2D eigenvalue weighted by atomic mass is 16.5. The smallest absolute Gasteiger partial charge is 0.357 e. The standard InChI is InChI=1S/C26H29NO8/c1-29-18-11-16-17(12-19(18)30-2)25(35-13-14-7-8-14)27-23(26(28)34-6)22(16)15-9-20(31-3)24(33-5)21(10-15)32-4/h9-12,14H,7-8,13H2,1-6H3. The number of hydrogen-bond donors (Lipinski definition) is 0. The molecule has 9 nitrogen and oxygen atoms in total. The first-order valence-electron chi connectivity index (χ1n) is 11.1. The molecule has 1 fully saturated rings. The molecule has 0 spiro atoms. The van der Waals surface area contributed by atoms with Gasteiger partial charge in [-0.1, -0.05) is 0 Å². The lowest BCUT2D eigenvalue weighted by Crippen LogP contribution is -2.11. The van der Waals surface area contributed by atoms with Crippen LogP contribution in [0.1, 0.15) is 23.3 Å². The van der Waals surface area contributed by atoms with Crippen LogP contribution in [-0.4, -0.2) is 60.2 Å². The lowest BCUT2D eigenvalue weighted by Gasteiger charge is -2.19. The average Bonchev–Trinajstić information content (AvgIpc) is 3.73. The zero-order valence-electron chi connectivity index (χ0n) is 20.7. The Morgan fingerprint density at radius 2 is 1.37 bits per heavy atom. The maximum Gasteiger partial charge on any atom is 0.357 e. The molecule has 1 aliphatic carbocycles. The van der Waals surface area contributed by atoms with Crippen molar-refractivity contribution in [3.05, 3.63) is 30.0 Å². The number of benzene rings is 2. The van der Waals surface area contributed by atoms with Crippen molar-refractivity contribution in [3.63, 3.8) is 0 Å². The summed E-state index contributed by atoms with van der Waals surface area (Å²) in [4.78, 5) is 17.6. The molecule has 4 rings (SSSR count). The number of pyridine rings is 1. The number of esters is 1. The van der Waals surface area contributed by atoms with Gasteiger partial charge in [0.25, 0.3) is 0 Å². The molecule has 0 N–H and O–H groups in total. The van der Waals surface area contributed by atoms with Crippen molar-refractivity contribution < 1.29 is 38.0 Å². The van der Waals surface area contributed by atoms with E-state index in [2.05, 4.69) is 4.98 Å². The highest BCUT2D eigenvalue weighted by molar-refractivity contribution is 6.09. The van der Waals surface area contributed by atoms with Crippen LogP contribution in [0.25, 0.3) is 21.9 Å². The molecule has 35 heavy (non-hydrogen) atoms. The summed E-state index contributed by atoms with van der Waals surface area (Å²) in [5, 5.41) is 1.33. The fourth-order valence-electron chi connectivity index (χ4n) is 3.96. The zero-order valence-corrected chi connectivity index (χ0v) is 20.7. The second kappa shape index (κ2) is 10.2. The van der Waals surface area contributed by atoms with Crippen molar-refractivity contribution >= 4 is 16.7 Å². The number of hydrogen-bond acceptors (Lipinski definition) is 9. The molecule has 0 atom stereocenters. The largest absolute Gasteiger partial charge is 0.493 e. The average molecular weight is 484 g/mol. The van der Waals surface area contributed by atoms with Gasteiger partial charge in [0.15, 0.2) is 28.7 Å². The predicted octanol–water partition coefficient (Wildman–Crippen LogP) is 4.52. The lowest BCUT2D eigenvalue weighted by atomic mass is 9.95. The van der Waals surface area contributed by atoms with E-state index in [0.29, 0.717) is 69.1 Å². The topological polar surface area (TPSA) is 94.6 Å². The summed E-state index contributed by atoms with van der Waals surface area (Å²) in [5.74, 6) is 2.50. The van der Waals surface area contributed by atoms with E-state index in [9.17, 15) is 4.79 Å². The van der Waals surface area contributed by atoms with Crippen molar-refractivity contribution in [3.8, 4) is 45.8 Å². The molecule has 1 aromatic heterocycles. The molecule has 1 heterocycles. The summed E-state index contributed by atoms with van der Waals surface area (Å²) in [6.45, 7) is 0.514. The van der Waals surface area contributed by atoms with Gasteiger partial charge in [-0.15, -0.1) is 0 Å². The number of methoxy groups -OCH3 is 6. The van der Waals surface area contributed by atoms with Crippen LogP contribution in [0.15, 0.2) is 24.3 Å². The zero-order chi connectivity index (χ0) is 25.1. The van der Waals surface area contributed by atoms with Crippen LogP contribution in [0.4, 0.5) is 0 Å². The monoisotopic (exact) mass is 483 g/mol. The van der Waals surface area contributed by atoms with Crippen molar-refractivity contribution in [2.75, 3.05) is 49.3 Å². The Morgan fingerprint density at radius 3 is 1.86 bits per heavy atom. The van der Waals surface area contributed by atoms with Crippen LogP contribution >= 0.6 is 0 Å². The summed E-state index contributed by atoms with van der Waals surface area (Å²) in [6, 6.07) is 7.11. The summed E-state index contributed by atoms with van der Waals surface area (Å²) >= 11 is 0. The maximum atomic E-state index is 13.0. The number of nitrogens with zero attached hydrogens (tertiary/aromatic N) is 1. The van der Waals surface area contributed by atoms with Gasteiger partial charge in [-0.25, -0.2) is 9.78 Å². The molecular formula is C26H29NO8. The number of carbonyl (C=O) groups is 1. The molecule has 2 aromatic carbocycles. The molecule has 0 unspecified atom stereocenters. The molecule has 1 saturated carbocycles. The highest BCUT2D eigenvalue weighted by Gasteiger charge is 2.28. The van der Waals surface area contributed by atoms with E-state index in [1.165, 1.54) is 28.4 Å². The maximum absolute atomic E-state index is 13.0. The molecule has 0 saturated heterocycles. The fraction of sp³-hybridized carbons (Fsp3) is 0.385. The minimum absolute atomic E-state index is 0.0901. The third-order valence-electron chi connectivity index (χ3n) is 5.96. The van der Waals surface area contributed by atoms with Gasteiger partial charge < -0.3 is 33.2 Å². The minimum atomic E-state index is -0.610. The van der Waals surface area contributed by atoms with E-state index in [4.69, 9.17) is 33.2 Å². The minimum Gasteiger partial charge on any atom is -0.493 e. The van der Waals surface area contributed by atoms with E-state index < -0.39 is 5.97 Å². The summed E-state index contributed by atoms with van der Waals surface area (Å²) in [5.41, 5.74) is 1.21. The van der Waals surface area contributed by atoms with Gasteiger partial charge in [-0.05, 0) is 48.6 Å². The van der Waals surface area contributed by atoms with Crippen LogP contribution in [0.2, 0.25) is 0 Å². The van der Waals surface area contributed by atoms with E-state index in [-0.39, 0.29) is 5.69 Å². The van der Waals surface area contributed by atoms with E-state index >= 15 is 0 Å². The van der Waals surface area contributed by atoms with E-state index in [1.54, 1.807) is 38.5 Å². The first-order chi connectivity index (χ1) is 17.0.